The Morgan fingerprint density at radius 2 is 1.91 bits per heavy atom. The van der Waals surface area contributed by atoms with Crippen molar-refractivity contribution in [2.24, 2.45) is 11.7 Å². The van der Waals surface area contributed by atoms with E-state index in [1.165, 1.54) is 0 Å². The van der Waals surface area contributed by atoms with E-state index in [2.05, 4.69) is 11.8 Å². The first-order valence-corrected chi connectivity index (χ1v) is 11.9. The standard InChI is InChI=1S/C28H33N3O3.ClH/c1-3-34-26(32)15-17-31(24-12-6-11-23(19-24)28(29)30)16-7-8-21-13-14-25(20(2)18-21)27(33)22-9-4-5-10-22;/h6,11-14,18-19,22H,3-5,9-10,15-17H2,1-2H3,(H3,29,30);1H. The zero-order valence-electron chi connectivity index (χ0n) is 20.4. The number of nitrogens with two attached hydrogens (primary N) is 1. The first kappa shape index (κ1) is 27.9. The second-order valence-corrected chi connectivity index (χ2v) is 8.62. The van der Waals surface area contributed by atoms with Crippen molar-refractivity contribution in [3.63, 3.8) is 0 Å². The number of esters is 1. The highest BCUT2D eigenvalue weighted by Gasteiger charge is 2.24. The number of halogens is 1. The number of nitrogen functional groups attached to an aromatic ring is 1. The van der Waals surface area contributed by atoms with E-state index in [0.29, 0.717) is 25.3 Å². The van der Waals surface area contributed by atoms with Crippen LogP contribution in [0.1, 0.15) is 66.1 Å². The number of carbonyl (C=O) groups excluding carboxylic acids is 2. The van der Waals surface area contributed by atoms with Crippen LogP contribution in [0.3, 0.4) is 0 Å². The predicted octanol–water partition coefficient (Wildman–Crippen LogP) is 4.89. The van der Waals surface area contributed by atoms with Gasteiger partial charge in [-0.15, -0.1) is 12.4 Å². The molecule has 0 aromatic heterocycles. The number of ketones is 1. The van der Waals surface area contributed by atoms with Crippen molar-refractivity contribution in [1.82, 2.24) is 0 Å². The lowest BCUT2D eigenvalue weighted by molar-refractivity contribution is -0.142. The lowest BCUT2D eigenvalue weighted by atomic mass is 9.92. The maximum absolute atomic E-state index is 12.8. The van der Waals surface area contributed by atoms with E-state index in [9.17, 15) is 9.59 Å². The molecule has 1 aliphatic rings. The molecule has 0 spiro atoms. The zero-order valence-corrected chi connectivity index (χ0v) is 21.2. The molecule has 186 valence electrons. The Hall–Kier alpha value is -3.30. The molecule has 0 aliphatic heterocycles. The molecule has 0 bridgehead atoms. The Morgan fingerprint density at radius 3 is 2.57 bits per heavy atom. The molecule has 2 aromatic carbocycles. The molecule has 0 radical (unpaired) electrons. The number of ether oxygens (including phenoxy) is 1. The number of anilines is 1. The van der Waals surface area contributed by atoms with Crippen LogP contribution in [0.2, 0.25) is 0 Å². The van der Waals surface area contributed by atoms with Crippen LogP contribution in [0.15, 0.2) is 42.5 Å². The molecule has 0 heterocycles. The van der Waals surface area contributed by atoms with E-state index < -0.39 is 0 Å². The fraction of sp³-hybridized carbons (Fsp3) is 0.393. The topological polar surface area (TPSA) is 96.5 Å². The molecule has 6 nitrogen and oxygen atoms in total. The monoisotopic (exact) mass is 495 g/mol. The van der Waals surface area contributed by atoms with Gasteiger partial charge in [-0.3, -0.25) is 15.0 Å². The molecule has 1 aliphatic carbocycles. The molecular weight excluding hydrogens is 462 g/mol. The first-order valence-electron chi connectivity index (χ1n) is 11.9. The highest BCUT2D eigenvalue weighted by Crippen LogP contribution is 2.29. The van der Waals surface area contributed by atoms with E-state index in [1.54, 1.807) is 13.0 Å². The first-order chi connectivity index (χ1) is 16.4. The molecule has 0 atom stereocenters. The van der Waals surface area contributed by atoms with Crippen LogP contribution in [0, 0.1) is 30.1 Å². The number of Topliss-reactive ketones (excluding diaryl/α,β-unsaturated/α-hetero) is 1. The van der Waals surface area contributed by atoms with Crippen molar-refractivity contribution in [2.75, 3.05) is 24.6 Å². The van der Waals surface area contributed by atoms with Gasteiger partial charge in [-0.2, -0.15) is 0 Å². The molecule has 2 aromatic rings. The number of benzene rings is 2. The Morgan fingerprint density at radius 1 is 1.17 bits per heavy atom. The summed E-state index contributed by atoms with van der Waals surface area (Å²) < 4.78 is 5.06. The summed E-state index contributed by atoms with van der Waals surface area (Å²) in [5, 5.41) is 7.70. The Kier molecular flexibility index (Phi) is 10.8. The third-order valence-corrected chi connectivity index (χ3v) is 6.13. The maximum Gasteiger partial charge on any atom is 0.307 e. The molecule has 7 heteroatoms. The van der Waals surface area contributed by atoms with Crippen molar-refractivity contribution >= 4 is 35.7 Å². The van der Waals surface area contributed by atoms with E-state index in [-0.39, 0.29) is 42.3 Å². The van der Waals surface area contributed by atoms with Gasteiger partial charge in [0.15, 0.2) is 5.78 Å². The summed E-state index contributed by atoms with van der Waals surface area (Å²) >= 11 is 0. The van der Waals surface area contributed by atoms with Crippen LogP contribution < -0.4 is 10.6 Å². The molecule has 1 fully saturated rings. The molecule has 3 rings (SSSR count). The maximum atomic E-state index is 12.8. The third-order valence-electron chi connectivity index (χ3n) is 6.13. The van der Waals surface area contributed by atoms with Crippen LogP contribution in [0.5, 0.6) is 0 Å². The average molecular weight is 496 g/mol. The van der Waals surface area contributed by atoms with Crippen LogP contribution >= 0.6 is 12.4 Å². The van der Waals surface area contributed by atoms with E-state index in [0.717, 1.165) is 48.1 Å². The number of hydrogen-bond donors (Lipinski definition) is 2. The molecule has 3 N–H and O–H groups in total. The smallest absolute Gasteiger partial charge is 0.307 e. The Balaban J connectivity index is 0.00000432. The lowest BCUT2D eigenvalue weighted by Gasteiger charge is -2.22. The largest absolute Gasteiger partial charge is 0.466 e. The van der Waals surface area contributed by atoms with E-state index in [4.69, 9.17) is 15.9 Å². The second-order valence-electron chi connectivity index (χ2n) is 8.62. The van der Waals surface area contributed by atoms with Gasteiger partial charge < -0.3 is 15.4 Å². The van der Waals surface area contributed by atoms with Crippen molar-refractivity contribution in [1.29, 1.82) is 5.41 Å². The predicted molar refractivity (Wildman–Crippen MR) is 143 cm³/mol. The average Bonchev–Trinajstić information content (AvgIpc) is 3.36. The normalized spacial score (nSPS) is 12.7. The molecule has 0 unspecified atom stereocenters. The number of nitrogens with one attached hydrogen (secondary N) is 1. The summed E-state index contributed by atoms with van der Waals surface area (Å²) in [5.41, 5.74) is 9.70. The highest BCUT2D eigenvalue weighted by molar-refractivity contribution is 5.99. The minimum absolute atomic E-state index is 0. The SMILES string of the molecule is CCOC(=O)CCN(CC#Cc1ccc(C(=O)C2CCCC2)c(C)c1)c1cccc(C(=N)N)c1.Cl. The molecule has 35 heavy (non-hydrogen) atoms. The van der Waals surface area contributed by atoms with Crippen LogP contribution in [0.4, 0.5) is 5.69 Å². The fourth-order valence-corrected chi connectivity index (χ4v) is 4.29. The van der Waals surface area contributed by atoms with Gasteiger partial charge in [0, 0.05) is 34.8 Å². The molecule has 0 saturated heterocycles. The number of amidine groups is 1. The van der Waals surface area contributed by atoms with Gasteiger partial charge in [-0.25, -0.2) is 0 Å². The van der Waals surface area contributed by atoms with Crippen molar-refractivity contribution < 1.29 is 14.3 Å². The van der Waals surface area contributed by atoms with Crippen molar-refractivity contribution in [3.05, 3.63) is 64.7 Å². The number of hydrogen-bond acceptors (Lipinski definition) is 5. The number of nitrogens with zero attached hydrogens (tertiary/aromatic N) is 1. The Bertz CT molecular complexity index is 1110. The number of rotatable bonds is 9. The van der Waals surface area contributed by atoms with Crippen molar-refractivity contribution in [2.45, 2.75) is 46.0 Å². The summed E-state index contributed by atoms with van der Waals surface area (Å²) in [5.74, 6) is 6.52. The summed E-state index contributed by atoms with van der Waals surface area (Å²) in [7, 11) is 0. The van der Waals surface area contributed by atoms with Crippen LogP contribution in [-0.4, -0.2) is 37.3 Å². The van der Waals surface area contributed by atoms with Crippen LogP contribution in [0.25, 0.3) is 0 Å². The van der Waals surface area contributed by atoms with Gasteiger partial charge in [-0.1, -0.05) is 36.8 Å². The van der Waals surface area contributed by atoms with Gasteiger partial charge in [-0.05, 0) is 62.6 Å². The molecular formula is C28H34ClN3O3. The Labute approximate surface area is 214 Å². The van der Waals surface area contributed by atoms with Crippen molar-refractivity contribution in [3.8, 4) is 11.8 Å². The molecule has 1 saturated carbocycles. The highest BCUT2D eigenvalue weighted by atomic mass is 35.5. The van der Waals surface area contributed by atoms with Gasteiger partial charge in [0.1, 0.15) is 5.84 Å². The van der Waals surface area contributed by atoms with Gasteiger partial charge in [0.2, 0.25) is 0 Å². The fourth-order valence-electron chi connectivity index (χ4n) is 4.29. The third kappa shape index (κ3) is 7.87. The lowest BCUT2D eigenvalue weighted by Crippen LogP contribution is -2.27. The second kappa shape index (κ2) is 13.6. The summed E-state index contributed by atoms with van der Waals surface area (Å²) in [6.45, 7) is 4.92. The molecule has 0 amide bonds. The van der Waals surface area contributed by atoms with E-state index >= 15 is 0 Å². The van der Waals surface area contributed by atoms with Gasteiger partial charge in [0.05, 0.1) is 19.6 Å². The van der Waals surface area contributed by atoms with E-state index in [1.807, 2.05) is 48.2 Å². The van der Waals surface area contributed by atoms with Crippen LogP contribution in [-0.2, 0) is 9.53 Å². The number of carbonyl (C=O) groups is 2. The summed E-state index contributed by atoms with van der Waals surface area (Å²) in [6.07, 6.45) is 4.50. The quantitative estimate of drug-likeness (QED) is 0.170. The van der Waals surface area contributed by atoms with Gasteiger partial charge >= 0.3 is 5.97 Å². The zero-order chi connectivity index (χ0) is 24.5. The summed E-state index contributed by atoms with van der Waals surface area (Å²) in [6, 6.07) is 13.1. The minimum Gasteiger partial charge on any atom is -0.466 e. The summed E-state index contributed by atoms with van der Waals surface area (Å²) in [4.78, 5) is 26.7. The number of aryl methyl sites for hydroxylation is 1. The minimum atomic E-state index is -0.263. The van der Waals surface area contributed by atoms with Gasteiger partial charge in [0.25, 0.3) is 0 Å².